The molecule has 260 valence electrons. The van der Waals surface area contributed by atoms with Gasteiger partial charge in [0.1, 0.15) is 17.5 Å². The van der Waals surface area contributed by atoms with Gasteiger partial charge in [-0.2, -0.15) is 0 Å². The van der Waals surface area contributed by atoms with E-state index >= 15 is 0 Å². The summed E-state index contributed by atoms with van der Waals surface area (Å²) in [6.45, 7) is 0. The number of nitrogens with zero attached hydrogens (tertiary/aromatic N) is 4. The fraction of sp³-hybridized carbons (Fsp3) is 0. The second-order valence-corrected chi connectivity index (χ2v) is 12.0. The van der Waals surface area contributed by atoms with Crippen LogP contribution >= 0.6 is 0 Å². The lowest BCUT2D eigenvalue weighted by molar-refractivity contribution is -0.384. The topological polar surface area (TPSA) is 190 Å². The maximum absolute atomic E-state index is 14.4. The molecular weight excluding hydrogens is 695 g/mol. The molecule has 0 unspecified atom stereocenters. The highest BCUT2D eigenvalue weighted by molar-refractivity contribution is 6.03. The van der Waals surface area contributed by atoms with Gasteiger partial charge >= 0.3 is 0 Å². The molecule has 0 spiro atoms. The van der Waals surface area contributed by atoms with Crippen LogP contribution in [0, 0.1) is 47.8 Å². The van der Waals surface area contributed by atoms with Gasteiger partial charge in [-0.3, -0.25) is 30.3 Å². The van der Waals surface area contributed by atoms with E-state index in [2.05, 4.69) is 15.0 Å². The molecule has 16 heteroatoms. The number of benzene rings is 3. The van der Waals surface area contributed by atoms with E-state index in [1.54, 1.807) is 48.6 Å². The number of nitrogens with one attached hydrogen (secondary N) is 3. The number of fused-ring (bicyclic) bond motifs is 9. The van der Waals surface area contributed by atoms with Crippen molar-refractivity contribution in [2.24, 2.45) is 0 Å². The minimum atomic E-state index is -0.864. The largest absolute Gasteiger partial charge is 0.354 e. The summed E-state index contributed by atoms with van der Waals surface area (Å²) in [7, 11) is 0. The molecule has 3 N–H and O–H groups in total. The van der Waals surface area contributed by atoms with Gasteiger partial charge in [0.25, 0.3) is 17.1 Å². The summed E-state index contributed by atoms with van der Waals surface area (Å²) < 4.78 is 43.1. The van der Waals surface area contributed by atoms with Crippen LogP contribution in [0.5, 0.6) is 0 Å². The van der Waals surface area contributed by atoms with Gasteiger partial charge in [-0.25, -0.2) is 18.2 Å². The van der Waals surface area contributed by atoms with Crippen LogP contribution in [-0.2, 0) is 0 Å². The molecule has 0 radical (unpaired) electrons. The van der Waals surface area contributed by atoms with Crippen molar-refractivity contribution in [1.82, 2.24) is 19.9 Å². The van der Waals surface area contributed by atoms with Gasteiger partial charge in [-0.1, -0.05) is 0 Å². The van der Waals surface area contributed by atoms with Gasteiger partial charge in [0.15, 0.2) is 0 Å². The van der Waals surface area contributed by atoms with E-state index in [0.717, 1.165) is 36.4 Å². The summed E-state index contributed by atoms with van der Waals surface area (Å²) >= 11 is 0. The van der Waals surface area contributed by atoms with E-state index in [9.17, 15) is 43.5 Å². The Bertz CT molecular complexity index is 2890. The minimum Gasteiger partial charge on any atom is -0.354 e. The number of aromatic nitrogens is 4. The van der Waals surface area contributed by atoms with E-state index in [4.69, 9.17) is 4.98 Å². The molecule has 0 saturated heterocycles. The Morgan fingerprint density at radius 2 is 0.755 bits per heavy atom. The Hall–Kier alpha value is -7.62. The molecule has 0 fully saturated rings. The summed E-state index contributed by atoms with van der Waals surface area (Å²) in [6.07, 6.45) is 3.24. The van der Waals surface area contributed by atoms with Crippen LogP contribution in [0.4, 0.5) is 30.2 Å². The number of nitro benzene ring substituents is 3. The zero-order valence-electron chi connectivity index (χ0n) is 26.7. The van der Waals surface area contributed by atoms with Gasteiger partial charge in [0.05, 0.1) is 66.6 Å². The van der Waals surface area contributed by atoms with Gasteiger partial charge in [-0.05, 0) is 84.9 Å². The van der Waals surface area contributed by atoms with Gasteiger partial charge in [0.2, 0.25) is 0 Å². The van der Waals surface area contributed by atoms with Gasteiger partial charge < -0.3 is 15.0 Å². The van der Waals surface area contributed by atoms with E-state index in [1.165, 1.54) is 18.2 Å². The first-order chi connectivity index (χ1) is 25.5. The Morgan fingerprint density at radius 3 is 1.15 bits per heavy atom. The summed E-state index contributed by atoms with van der Waals surface area (Å²) in [4.78, 5) is 48.9. The standard InChI is InChI=1S/C37H20F3N7O6/c38-18-1-4-21(32(15-18)45(48)49)35-26-9-7-24(41-26)25-8-10-27(42-25)36(22-5-2-19(39)16-33(22)46(50)51)29-12-14-31(44-29)37(30-13-11-28(35)43-30)23-6-3-20(40)17-34(23)47(52)53/h1-17,41,43-44H. The predicted octanol–water partition coefficient (Wildman–Crippen LogP) is 9.84. The third-order valence-electron chi connectivity index (χ3n) is 8.85. The highest BCUT2D eigenvalue weighted by Gasteiger charge is 2.25. The van der Waals surface area contributed by atoms with Crippen molar-refractivity contribution in [2.75, 3.05) is 0 Å². The van der Waals surface area contributed by atoms with Crippen LogP contribution in [0.3, 0.4) is 0 Å². The summed E-state index contributed by atoms with van der Waals surface area (Å²) in [5.41, 5.74) is 1.41. The highest BCUT2D eigenvalue weighted by Crippen LogP contribution is 2.41. The lowest BCUT2D eigenvalue weighted by atomic mass is 10.0. The molecule has 4 aromatic heterocycles. The summed E-state index contributed by atoms with van der Waals surface area (Å²) in [5, 5.41) is 36.7. The smallest absolute Gasteiger partial charge is 0.280 e. The van der Waals surface area contributed by atoms with Crippen LogP contribution < -0.4 is 0 Å². The molecule has 1 aliphatic rings. The van der Waals surface area contributed by atoms with Crippen molar-refractivity contribution in [1.29, 1.82) is 0 Å². The van der Waals surface area contributed by atoms with E-state index in [-0.39, 0.29) is 61.1 Å². The first-order valence-corrected chi connectivity index (χ1v) is 15.6. The van der Waals surface area contributed by atoms with Crippen molar-refractivity contribution in [2.45, 2.75) is 0 Å². The molecule has 53 heavy (non-hydrogen) atoms. The van der Waals surface area contributed by atoms with E-state index in [0.29, 0.717) is 16.7 Å². The Labute approximate surface area is 293 Å². The molecule has 0 atom stereocenters. The van der Waals surface area contributed by atoms with Crippen molar-refractivity contribution in [3.63, 3.8) is 0 Å². The first kappa shape index (κ1) is 32.6. The lowest BCUT2D eigenvalue weighted by Crippen LogP contribution is -1.95. The normalized spacial score (nSPS) is 11.7. The number of hydrogen-bond donors (Lipinski definition) is 3. The second-order valence-electron chi connectivity index (χ2n) is 12.0. The maximum Gasteiger partial charge on any atom is 0.280 e. The molecular formula is C37H20F3N7O6. The zero-order valence-corrected chi connectivity index (χ0v) is 26.7. The van der Waals surface area contributed by atoms with Crippen molar-refractivity contribution < 1.29 is 27.9 Å². The van der Waals surface area contributed by atoms with E-state index in [1.807, 2.05) is 0 Å². The van der Waals surface area contributed by atoms with Crippen LogP contribution in [0.2, 0.25) is 0 Å². The van der Waals surface area contributed by atoms with Crippen LogP contribution in [0.1, 0.15) is 11.4 Å². The number of aromatic amines is 3. The SMILES string of the molecule is O=[N+]([O-])c1cc(F)ccc1-c1c2nc(c3ccc([nH]3)c(-c3ccc(F)cc3[N+](=O)[O-])c3ccc([nH]3)c(-c3ccc(F)cc3[N+](=O)[O-])c3ccc1[nH]3)C=C2. The summed E-state index contributed by atoms with van der Waals surface area (Å²) in [6, 6.07) is 18.9. The average Bonchev–Trinajstić information content (AvgIpc) is 3.96. The van der Waals surface area contributed by atoms with Gasteiger partial charge in [-0.15, -0.1) is 0 Å². The monoisotopic (exact) mass is 715 g/mol. The van der Waals surface area contributed by atoms with Crippen LogP contribution in [0.15, 0.2) is 91.0 Å². The fourth-order valence-electron chi connectivity index (χ4n) is 6.61. The number of rotatable bonds is 6. The lowest BCUT2D eigenvalue weighted by Gasteiger charge is -2.07. The fourth-order valence-corrected chi connectivity index (χ4v) is 6.61. The molecule has 0 amide bonds. The molecule has 7 aromatic rings. The zero-order chi connectivity index (χ0) is 37.1. The number of halogens is 3. The molecule has 0 aliphatic carbocycles. The first-order valence-electron chi connectivity index (χ1n) is 15.6. The van der Waals surface area contributed by atoms with Gasteiger partial charge in [0, 0.05) is 44.3 Å². The minimum absolute atomic E-state index is 0.0154. The number of nitro groups is 3. The molecule has 8 bridgehead atoms. The number of H-pyrrole nitrogens is 3. The van der Waals surface area contributed by atoms with E-state index < -0.39 is 49.3 Å². The Kier molecular flexibility index (Phi) is 7.56. The molecule has 13 nitrogen and oxygen atoms in total. The van der Waals surface area contributed by atoms with Crippen LogP contribution in [-0.4, -0.2) is 34.7 Å². The molecule has 3 aromatic carbocycles. The molecule has 1 aliphatic heterocycles. The third-order valence-corrected chi connectivity index (χ3v) is 8.85. The molecule has 0 saturated carbocycles. The Balaban J connectivity index is 1.60. The average molecular weight is 716 g/mol. The predicted molar refractivity (Wildman–Crippen MR) is 191 cm³/mol. The quantitative estimate of drug-likeness (QED) is 0.113. The number of hydrogen-bond acceptors (Lipinski definition) is 7. The highest BCUT2D eigenvalue weighted by atomic mass is 19.1. The Morgan fingerprint density at radius 1 is 0.434 bits per heavy atom. The van der Waals surface area contributed by atoms with Crippen molar-refractivity contribution >= 4 is 62.3 Å². The second kappa shape index (κ2) is 12.3. The van der Waals surface area contributed by atoms with Crippen molar-refractivity contribution in [3.8, 4) is 33.4 Å². The van der Waals surface area contributed by atoms with Crippen LogP contribution in [0.25, 0.3) is 78.6 Å². The molecule has 5 heterocycles. The maximum atomic E-state index is 14.4. The van der Waals surface area contributed by atoms with Crippen molar-refractivity contribution in [3.05, 3.63) is 150 Å². The molecule has 8 rings (SSSR count). The summed E-state index contributed by atoms with van der Waals surface area (Å²) in [5.74, 6) is -2.53. The third kappa shape index (κ3) is 5.59.